The number of ether oxygens (including phenoxy) is 2. The summed E-state index contributed by atoms with van der Waals surface area (Å²) in [5, 5.41) is 5.66. The van der Waals surface area contributed by atoms with Gasteiger partial charge in [0, 0.05) is 12.3 Å². The molecule has 3 heterocycles. The van der Waals surface area contributed by atoms with Crippen molar-refractivity contribution >= 4 is 55.6 Å². The first-order chi connectivity index (χ1) is 19.4. The van der Waals surface area contributed by atoms with Gasteiger partial charge in [0.15, 0.2) is 34.5 Å². The van der Waals surface area contributed by atoms with Crippen molar-refractivity contribution in [1.82, 2.24) is 9.97 Å². The number of aromatic nitrogens is 2. The average molecular weight is 588 g/mol. The number of methoxy groups -OCH3 is 2. The van der Waals surface area contributed by atoms with E-state index in [2.05, 4.69) is 31.9 Å². The van der Waals surface area contributed by atoms with Crippen LogP contribution in [0.1, 0.15) is 21.7 Å². The molecule has 0 saturated carbocycles. The van der Waals surface area contributed by atoms with Crippen molar-refractivity contribution in [3.05, 3.63) is 71.9 Å². The van der Waals surface area contributed by atoms with Crippen molar-refractivity contribution in [2.24, 2.45) is 0 Å². The topological polar surface area (TPSA) is 162 Å². The Morgan fingerprint density at radius 2 is 1.71 bits per heavy atom. The first-order valence-electron chi connectivity index (χ1n) is 11.6. The van der Waals surface area contributed by atoms with E-state index >= 15 is 8.78 Å². The number of fused-ring (bicyclic) bond motifs is 1. The van der Waals surface area contributed by atoms with Gasteiger partial charge in [0.05, 0.1) is 49.6 Å². The number of pyridine rings is 2. The Morgan fingerprint density at radius 1 is 1.05 bits per heavy atom. The third kappa shape index (κ3) is 5.79. The number of anilines is 4. The summed E-state index contributed by atoms with van der Waals surface area (Å²) in [6.45, 7) is 5.13. The van der Waals surface area contributed by atoms with E-state index in [-0.39, 0.29) is 22.5 Å². The first-order valence-corrected chi connectivity index (χ1v) is 13.5. The number of furan rings is 1. The minimum absolute atomic E-state index is 0.0374. The van der Waals surface area contributed by atoms with Crippen molar-refractivity contribution in [3.8, 4) is 11.5 Å². The molecule has 3 N–H and O–H groups in total. The summed E-state index contributed by atoms with van der Waals surface area (Å²) in [5.74, 6) is -6.05. The second kappa shape index (κ2) is 11.2. The molecule has 0 saturated heterocycles. The fraction of sp³-hybridized carbons (Fsp3) is 0.154. The van der Waals surface area contributed by atoms with Crippen molar-refractivity contribution in [3.63, 3.8) is 0 Å². The van der Waals surface area contributed by atoms with Crippen LogP contribution < -0.4 is 24.8 Å². The molecule has 0 radical (unpaired) electrons. The molecule has 0 bridgehead atoms. The molecule has 4 rings (SSSR count). The normalized spacial score (nSPS) is 11.2. The summed E-state index contributed by atoms with van der Waals surface area (Å²) in [6, 6.07) is 2.27. The van der Waals surface area contributed by atoms with E-state index in [0.717, 1.165) is 32.6 Å². The summed E-state index contributed by atoms with van der Waals surface area (Å²) in [6.07, 6.45) is 6.00. The summed E-state index contributed by atoms with van der Waals surface area (Å²) < 4.78 is 72.3. The van der Waals surface area contributed by atoms with Gasteiger partial charge in [0.2, 0.25) is 21.7 Å². The number of aryl methyl sites for hydroxylation is 1. The molecule has 15 heteroatoms. The van der Waals surface area contributed by atoms with Gasteiger partial charge >= 0.3 is 0 Å². The zero-order valence-corrected chi connectivity index (χ0v) is 22.9. The van der Waals surface area contributed by atoms with E-state index in [1.54, 1.807) is 6.92 Å². The van der Waals surface area contributed by atoms with Gasteiger partial charge in [-0.3, -0.25) is 19.3 Å². The molecule has 0 atom stereocenters. The molecule has 3 aromatic heterocycles. The van der Waals surface area contributed by atoms with Crippen LogP contribution in [0.3, 0.4) is 0 Å². The lowest BCUT2D eigenvalue weighted by molar-refractivity contribution is -0.111. The number of halogens is 2. The van der Waals surface area contributed by atoms with Crippen molar-refractivity contribution in [2.45, 2.75) is 6.92 Å². The van der Waals surface area contributed by atoms with Gasteiger partial charge in [-0.25, -0.2) is 22.2 Å². The number of carbonyl (C=O) groups excluding carboxylic acids is 2. The van der Waals surface area contributed by atoms with Gasteiger partial charge < -0.3 is 24.5 Å². The van der Waals surface area contributed by atoms with Crippen molar-refractivity contribution in [1.29, 1.82) is 0 Å². The molecule has 0 aliphatic heterocycles. The van der Waals surface area contributed by atoms with Gasteiger partial charge in [-0.1, -0.05) is 6.58 Å². The number of sulfonamides is 1. The third-order valence-corrected chi connectivity index (χ3v) is 6.28. The first kappa shape index (κ1) is 28.9. The molecule has 0 aliphatic carbocycles. The van der Waals surface area contributed by atoms with Crippen LogP contribution in [0, 0.1) is 18.6 Å². The standard InChI is InChI=1S/C26H23F2N5O7S/c1-6-19(34)31-14-10-29-9-12(2)23(14)32-18-7-13-17(11-30-18)40-26(24(13)33-41(5,36)37)25(35)20-21(27)15(38-3)8-16(39-4)22(20)28/h6-11,33H,1H2,2-5H3,(H,31,34)(H,29,30,32). The Kier molecular flexibility index (Phi) is 7.91. The maximum atomic E-state index is 15.1. The number of amides is 1. The lowest BCUT2D eigenvalue weighted by atomic mass is 10.0. The maximum absolute atomic E-state index is 15.1. The highest BCUT2D eigenvalue weighted by Crippen LogP contribution is 2.38. The van der Waals surface area contributed by atoms with Crippen LogP contribution in [0.2, 0.25) is 0 Å². The van der Waals surface area contributed by atoms with Crippen molar-refractivity contribution in [2.75, 3.05) is 35.8 Å². The lowest BCUT2D eigenvalue weighted by Crippen LogP contribution is -2.15. The van der Waals surface area contributed by atoms with Crippen LogP contribution in [0.15, 0.2) is 47.8 Å². The van der Waals surface area contributed by atoms with Crippen LogP contribution in [0.4, 0.5) is 31.7 Å². The SMILES string of the molecule is C=CC(=O)Nc1cncc(C)c1Nc1cc2c(NS(C)(=O)=O)c(C(=O)c3c(F)c(OC)cc(OC)c3F)oc2cn1. The predicted octanol–water partition coefficient (Wildman–Crippen LogP) is 4.30. The van der Waals surface area contributed by atoms with E-state index in [4.69, 9.17) is 13.9 Å². The average Bonchev–Trinajstić information content (AvgIpc) is 3.26. The minimum atomic E-state index is -4.03. The Bertz CT molecular complexity index is 1790. The highest BCUT2D eigenvalue weighted by atomic mass is 32.2. The highest BCUT2D eigenvalue weighted by molar-refractivity contribution is 7.92. The summed E-state index contributed by atoms with van der Waals surface area (Å²) >= 11 is 0. The van der Waals surface area contributed by atoms with E-state index in [1.165, 1.54) is 24.7 Å². The molecule has 1 amide bonds. The van der Waals surface area contributed by atoms with Crippen LogP contribution in [-0.2, 0) is 14.8 Å². The number of hydrogen-bond acceptors (Lipinski definition) is 10. The van der Waals surface area contributed by atoms with E-state index in [0.29, 0.717) is 16.9 Å². The van der Waals surface area contributed by atoms with Crippen LogP contribution in [0.5, 0.6) is 11.5 Å². The van der Waals surface area contributed by atoms with E-state index < -0.39 is 56.2 Å². The molecule has 4 aromatic rings. The fourth-order valence-corrected chi connectivity index (χ4v) is 4.43. The Balaban J connectivity index is 1.88. The van der Waals surface area contributed by atoms with E-state index in [1.807, 2.05) is 0 Å². The Hall–Kier alpha value is -5.05. The zero-order valence-electron chi connectivity index (χ0n) is 22.1. The smallest absolute Gasteiger partial charge is 0.247 e. The zero-order chi connectivity index (χ0) is 30.1. The fourth-order valence-electron chi connectivity index (χ4n) is 3.85. The molecule has 0 spiro atoms. The maximum Gasteiger partial charge on any atom is 0.247 e. The van der Waals surface area contributed by atoms with Gasteiger partial charge in [0.25, 0.3) is 0 Å². The molecule has 41 heavy (non-hydrogen) atoms. The van der Waals surface area contributed by atoms with E-state index in [9.17, 15) is 18.0 Å². The number of nitrogens with one attached hydrogen (secondary N) is 3. The number of ketones is 1. The largest absolute Gasteiger partial charge is 0.494 e. The number of benzene rings is 1. The van der Waals surface area contributed by atoms with Gasteiger partial charge in [-0.15, -0.1) is 0 Å². The summed E-state index contributed by atoms with van der Waals surface area (Å²) in [4.78, 5) is 33.6. The summed E-state index contributed by atoms with van der Waals surface area (Å²) in [5.41, 5.74) is -0.223. The van der Waals surface area contributed by atoms with Crippen LogP contribution in [-0.4, -0.2) is 50.6 Å². The van der Waals surface area contributed by atoms with Crippen molar-refractivity contribution < 1.29 is 40.7 Å². The Morgan fingerprint density at radius 3 is 2.29 bits per heavy atom. The second-order valence-corrected chi connectivity index (χ2v) is 10.3. The Labute approximate surface area is 232 Å². The highest BCUT2D eigenvalue weighted by Gasteiger charge is 2.32. The molecule has 0 aliphatic rings. The summed E-state index contributed by atoms with van der Waals surface area (Å²) in [7, 11) is -1.81. The molecule has 12 nitrogen and oxygen atoms in total. The third-order valence-electron chi connectivity index (χ3n) is 5.70. The minimum Gasteiger partial charge on any atom is -0.494 e. The number of hydrogen-bond donors (Lipinski definition) is 3. The molecule has 214 valence electrons. The van der Waals surface area contributed by atoms with Gasteiger partial charge in [0.1, 0.15) is 17.1 Å². The lowest BCUT2D eigenvalue weighted by Gasteiger charge is -2.14. The second-order valence-electron chi connectivity index (χ2n) is 8.56. The molecule has 1 aromatic carbocycles. The molecular weight excluding hydrogens is 564 g/mol. The van der Waals surface area contributed by atoms with Gasteiger partial charge in [-0.05, 0) is 24.6 Å². The monoisotopic (exact) mass is 587 g/mol. The van der Waals surface area contributed by atoms with Crippen LogP contribution in [0.25, 0.3) is 11.0 Å². The van der Waals surface area contributed by atoms with Gasteiger partial charge in [-0.2, -0.15) is 0 Å². The number of rotatable bonds is 10. The molecule has 0 unspecified atom stereocenters. The predicted molar refractivity (Wildman–Crippen MR) is 146 cm³/mol. The van der Waals surface area contributed by atoms with Crippen LogP contribution >= 0.6 is 0 Å². The number of nitrogens with zero attached hydrogens (tertiary/aromatic N) is 2. The molecular formula is C26H23F2N5O7S. The number of carbonyl (C=O) groups is 2. The quantitative estimate of drug-likeness (QED) is 0.180. The molecule has 0 fully saturated rings.